The number of nitrogens with two attached hydrogens (primary N) is 1. The number of carbonyl (C=O) groups is 1. The minimum absolute atomic E-state index is 0.0169. The molecule has 5 nitrogen and oxygen atoms in total. The molecule has 1 aromatic heterocycles. The van der Waals surface area contributed by atoms with Gasteiger partial charge in [0, 0.05) is 6.20 Å². The van der Waals surface area contributed by atoms with E-state index in [1.807, 2.05) is 6.92 Å². The standard InChI is InChI=1S/C13H19F3N4O/c1-2-5-18-12(11(17)21,9-3-4-9)8-20-7-10(6-19-20)13(14,15)16/h6-7,9,18H,2-5,8H2,1H3,(H2,17,21). The van der Waals surface area contributed by atoms with E-state index in [1.165, 1.54) is 0 Å². The Balaban J connectivity index is 2.22. The molecular weight excluding hydrogens is 285 g/mol. The van der Waals surface area contributed by atoms with Crippen LogP contribution in [0.15, 0.2) is 12.4 Å². The Kier molecular flexibility index (Phi) is 4.27. The Bertz CT molecular complexity index is 510. The first-order chi connectivity index (χ1) is 9.79. The number of halogens is 3. The zero-order valence-electron chi connectivity index (χ0n) is 11.8. The number of hydrogen-bond acceptors (Lipinski definition) is 3. The number of nitrogens with zero attached hydrogens (tertiary/aromatic N) is 2. The van der Waals surface area contributed by atoms with Gasteiger partial charge in [0.25, 0.3) is 0 Å². The topological polar surface area (TPSA) is 72.9 Å². The molecule has 1 saturated carbocycles. The van der Waals surface area contributed by atoms with E-state index in [4.69, 9.17) is 5.73 Å². The predicted molar refractivity (Wildman–Crippen MR) is 70.2 cm³/mol. The highest BCUT2D eigenvalue weighted by Gasteiger charge is 2.50. The van der Waals surface area contributed by atoms with E-state index in [0.717, 1.165) is 36.3 Å². The minimum atomic E-state index is -4.44. The van der Waals surface area contributed by atoms with Crippen molar-refractivity contribution in [3.63, 3.8) is 0 Å². The van der Waals surface area contributed by atoms with Crippen LogP contribution in [0, 0.1) is 5.92 Å². The zero-order chi connectivity index (χ0) is 15.7. The van der Waals surface area contributed by atoms with Gasteiger partial charge in [-0.25, -0.2) is 0 Å². The van der Waals surface area contributed by atoms with Crippen LogP contribution in [0.25, 0.3) is 0 Å². The van der Waals surface area contributed by atoms with Gasteiger partial charge in [-0.3, -0.25) is 9.48 Å². The van der Waals surface area contributed by atoms with Gasteiger partial charge < -0.3 is 11.1 Å². The van der Waals surface area contributed by atoms with E-state index in [-0.39, 0.29) is 12.5 Å². The normalized spacial score (nSPS) is 18.5. The van der Waals surface area contributed by atoms with Gasteiger partial charge >= 0.3 is 6.18 Å². The van der Waals surface area contributed by atoms with E-state index in [1.54, 1.807) is 0 Å². The van der Waals surface area contributed by atoms with Crippen molar-refractivity contribution in [3.05, 3.63) is 18.0 Å². The molecule has 1 aliphatic rings. The summed E-state index contributed by atoms with van der Waals surface area (Å²) < 4.78 is 39.0. The van der Waals surface area contributed by atoms with Crippen molar-refractivity contribution in [2.24, 2.45) is 11.7 Å². The fourth-order valence-electron chi connectivity index (χ4n) is 2.47. The maximum atomic E-state index is 12.6. The van der Waals surface area contributed by atoms with E-state index < -0.39 is 23.2 Å². The molecule has 0 aliphatic heterocycles. The first kappa shape index (κ1) is 15.8. The highest BCUT2D eigenvalue weighted by molar-refractivity contribution is 5.85. The maximum absolute atomic E-state index is 12.6. The van der Waals surface area contributed by atoms with Crippen LogP contribution in [0.1, 0.15) is 31.7 Å². The summed E-state index contributed by atoms with van der Waals surface area (Å²) >= 11 is 0. The second-order valence-corrected chi connectivity index (χ2v) is 5.46. The summed E-state index contributed by atoms with van der Waals surface area (Å²) in [4.78, 5) is 11.9. The summed E-state index contributed by atoms with van der Waals surface area (Å²) in [6.45, 7) is 2.54. The quantitative estimate of drug-likeness (QED) is 0.802. The molecule has 0 aromatic carbocycles. The van der Waals surface area contributed by atoms with Crippen molar-refractivity contribution in [2.45, 2.75) is 44.4 Å². The molecule has 0 radical (unpaired) electrons. The Hall–Kier alpha value is -1.57. The number of primary amides is 1. The molecular formula is C13H19F3N4O. The zero-order valence-corrected chi connectivity index (χ0v) is 11.8. The number of nitrogens with one attached hydrogen (secondary N) is 1. The third-order valence-corrected chi connectivity index (χ3v) is 3.78. The summed E-state index contributed by atoms with van der Waals surface area (Å²) in [6.07, 6.45) is -0.287. The molecule has 8 heteroatoms. The number of alkyl halides is 3. The molecule has 1 unspecified atom stereocenters. The second kappa shape index (κ2) is 5.67. The van der Waals surface area contributed by atoms with Crippen molar-refractivity contribution in [1.29, 1.82) is 0 Å². The highest BCUT2D eigenvalue weighted by Crippen LogP contribution is 2.41. The number of rotatable bonds is 7. The predicted octanol–water partition coefficient (Wildman–Crippen LogP) is 1.54. The molecule has 1 aliphatic carbocycles. The molecule has 1 atom stereocenters. The van der Waals surface area contributed by atoms with Crippen LogP contribution in [0.4, 0.5) is 13.2 Å². The summed E-state index contributed by atoms with van der Waals surface area (Å²) in [5, 5.41) is 6.84. The smallest absolute Gasteiger partial charge is 0.368 e. The van der Waals surface area contributed by atoms with E-state index in [0.29, 0.717) is 6.54 Å². The summed E-state index contributed by atoms with van der Waals surface area (Å²) in [5.41, 5.74) is 3.68. The Morgan fingerprint density at radius 3 is 2.62 bits per heavy atom. The summed E-state index contributed by atoms with van der Waals surface area (Å²) in [6, 6.07) is 0. The molecule has 0 saturated heterocycles. The van der Waals surface area contributed by atoms with Gasteiger partial charge in [0.15, 0.2) is 0 Å². The van der Waals surface area contributed by atoms with Crippen LogP contribution in [0.3, 0.4) is 0 Å². The molecule has 1 aromatic rings. The van der Waals surface area contributed by atoms with Crippen LogP contribution in [0.2, 0.25) is 0 Å². The van der Waals surface area contributed by atoms with Gasteiger partial charge in [0.2, 0.25) is 5.91 Å². The van der Waals surface area contributed by atoms with Crippen molar-refractivity contribution in [1.82, 2.24) is 15.1 Å². The number of aromatic nitrogens is 2. The fourth-order valence-corrected chi connectivity index (χ4v) is 2.47. The van der Waals surface area contributed by atoms with E-state index in [9.17, 15) is 18.0 Å². The molecule has 118 valence electrons. The Morgan fingerprint density at radius 1 is 1.52 bits per heavy atom. The lowest BCUT2D eigenvalue weighted by atomic mass is 9.91. The molecule has 0 spiro atoms. The number of amides is 1. The van der Waals surface area contributed by atoms with Crippen LogP contribution < -0.4 is 11.1 Å². The van der Waals surface area contributed by atoms with Gasteiger partial charge in [-0.1, -0.05) is 6.92 Å². The first-order valence-electron chi connectivity index (χ1n) is 6.94. The highest BCUT2D eigenvalue weighted by atomic mass is 19.4. The average molecular weight is 304 g/mol. The van der Waals surface area contributed by atoms with Gasteiger partial charge in [-0.2, -0.15) is 18.3 Å². The van der Waals surface area contributed by atoms with Crippen molar-refractivity contribution in [3.8, 4) is 0 Å². The van der Waals surface area contributed by atoms with Gasteiger partial charge in [0.05, 0.1) is 18.3 Å². The SMILES string of the molecule is CCCNC(Cn1cc(C(F)(F)F)cn1)(C(N)=O)C1CC1. The van der Waals surface area contributed by atoms with Gasteiger partial charge in [0.1, 0.15) is 5.54 Å². The molecule has 1 amide bonds. The Labute approximate surface area is 120 Å². The molecule has 3 N–H and O–H groups in total. The lowest BCUT2D eigenvalue weighted by Crippen LogP contribution is -2.60. The Morgan fingerprint density at radius 2 is 2.19 bits per heavy atom. The average Bonchev–Trinajstić information content (AvgIpc) is 3.13. The van der Waals surface area contributed by atoms with Crippen LogP contribution >= 0.6 is 0 Å². The molecule has 2 rings (SSSR count). The van der Waals surface area contributed by atoms with Gasteiger partial charge in [-0.05, 0) is 31.7 Å². The lowest BCUT2D eigenvalue weighted by Gasteiger charge is -2.32. The fraction of sp³-hybridized carbons (Fsp3) is 0.692. The number of hydrogen-bond donors (Lipinski definition) is 2. The molecule has 21 heavy (non-hydrogen) atoms. The minimum Gasteiger partial charge on any atom is -0.368 e. The monoisotopic (exact) mass is 304 g/mol. The third kappa shape index (κ3) is 3.37. The third-order valence-electron chi connectivity index (χ3n) is 3.78. The number of carbonyl (C=O) groups excluding carboxylic acids is 1. The van der Waals surface area contributed by atoms with Crippen molar-refractivity contribution >= 4 is 5.91 Å². The van der Waals surface area contributed by atoms with Crippen LogP contribution in [0.5, 0.6) is 0 Å². The first-order valence-corrected chi connectivity index (χ1v) is 6.94. The van der Waals surface area contributed by atoms with Crippen molar-refractivity contribution in [2.75, 3.05) is 6.54 Å². The summed E-state index contributed by atoms with van der Waals surface area (Å²) in [5.74, 6) is -0.484. The second-order valence-electron chi connectivity index (χ2n) is 5.46. The molecule has 0 bridgehead atoms. The summed E-state index contributed by atoms with van der Waals surface area (Å²) in [7, 11) is 0. The van der Waals surface area contributed by atoms with Gasteiger partial charge in [-0.15, -0.1) is 0 Å². The van der Waals surface area contributed by atoms with E-state index in [2.05, 4.69) is 10.4 Å². The van der Waals surface area contributed by atoms with E-state index >= 15 is 0 Å². The largest absolute Gasteiger partial charge is 0.419 e. The maximum Gasteiger partial charge on any atom is 0.419 e. The van der Waals surface area contributed by atoms with Crippen molar-refractivity contribution < 1.29 is 18.0 Å². The molecule has 1 fully saturated rings. The van der Waals surface area contributed by atoms with Crippen LogP contribution in [-0.2, 0) is 17.5 Å². The lowest BCUT2D eigenvalue weighted by molar-refractivity contribution is -0.137. The van der Waals surface area contributed by atoms with Crippen LogP contribution in [-0.4, -0.2) is 27.8 Å². The molecule has 1 heterocycles.